The molecule has 1 atom stereocenters. The molecule has 0 aromatic rings. The molecule has 1 rings (SSSR count). The Morgan fingerprint density at radius 1 is 1.11 bits per heavy atom. The summed E-state index contributed by atoms with van der Waals surface area (Å²) in [5.74, 6) is 0.316. The summed E-state index contributed by atoms with van der Waals surface area (Å²) < 4.78 is 0. The van der Waals surface area contributed by atoms with Gasteiger partial charge in [0.25, 0.3) is 0 Å². The predicted octanol–water partition coefficient (Wildman–Crippen LogP) is 2.72. The molecule has 0 aromatic heterocycles. The van der Waals surface area contributed by atoms with Crippen LogP contribution in [-0.2, 0) is 14.4 Å². The van der Waals surface area contributed by atoms with E-state index in [1.807, 2.05) is 25.7 Å². The average Bonchev–Trinajstić information content (AvgIpc) is 2.55. The van der Waals surface area contributed by atoms with Crippen LogP contribution in [0.15, 0.2) is 0 Å². The van der Waals surface area contributed by atoms with Crippen molar-refractivity contribution in [3.8, 4) is 0 Å². The molecule has 1 aliphatic heterocycles. The topological polar surface area (TPSA) is 78.5 Å². The van der Waals surface area contributed by atoms with Gasteiger partial charge < -0.3 is 15.5 Å². The van der Waals surface area contributed by atoms with Crippen LogP contribution in [0.5, 0.6) is 0 Å². The Morgan fingerprint density at radius 3 is 2.19 bits per heavy atom. The van der Waals surface area contributed by atoms with Crippen molar-refractivity contribution in [3.05, 3.63) is 0 Å². The smallest absolute Gasteiger partial charge is 0.242 e. The summed E-state index contributed by atoms with van der Waals surface area (Å²) >= 11 is 0. The number of piperidine rings is 1. The molecule has 1 aliphatic rings. The molecule has 6 heteroatoms. The lowest BCUT2D eigenvalue weighted by Crippen LogP contribution is -2.54. The van der Waals surface area contributed by atoms with Gasteiger partial charge in [0, 0.05) is 32.5 Å². The fourth-order valence-corrected chi connectivity index (χ4v) is 3.41. The fourth-order valence-electron chi connectivity index (χ4n) is 3.41. The molecule has 2 N–H and O–H groups in total. The zero-order chi connectivity index (χ0) is 20.6. The Hall–Kier alpha value is -1.59. The van der Waals surface area contributed by atoms with Crippen LogP contribution < -0.4 is 10.6 Å². The summed E-state index contributed by atoms with van der Waals surface area (Å²) in [6.07, 6.45) is 3.28. The van der Waals surface area contributed by atoms with Gasteiger partial charge in [-0.25, -0.2) is 0 Å². The van der Waals surface area contributed by atoms with Gasteiger partial charge in [-0.05, 0) is 36.5 Å². The van der Waals surface area contributed by atoms with Crippen molar-refractivity contribution in [3.63, 3.8) is 0 Å². The predicted molar refractivity (Wildman–Crippen MR) is 108 cm³/mol. The normalized spacial score (nSPS) is 16.9. The zero-order valence-corrected chi connectivity index (χ0v) is 18.1. The molecule has 0 aliphatic carbocycles. The van der Waals surface area contributed by atoms with Crippen LogP contribution in [0.3, 0.4) is 0 Å². The number of hydrogen-bond donors (Lipinski definition) is 2. The number of nitrogens with one attached hydrogen (secondary N) is 2. The molecule has 1 fully saturated rings. The molecule has 0 bridgehead atoms. The Balaban J connectivity index is 2.70. The maximum Gasteiger partial charge on any atom is 0.242 e. The van der Waals surface area contributed by atoms with E-state index in [4.69, 9.17) is 0 Å². The van der Waals surface area contributed by atoms with Gasteiger partial charge in [-0.3, -0.25) is 14.4 Å². The number of amides is 3. The van der Waals surface area contributed by atoms with Gasteiger partial charge in [-0.2, -0.15) is 0 Å². The van der Waals surface area contributed by atoms with Crippen LogP contribution in [0.1, 0.15) is 73.6 Å². The van der Waals surface area contributed by atoms with Crippen molar-refractivity contribution < 1.29 is 14.4 Å². The lowest BCUT2D eigenvalue weighted by atomic mass is 9.87. The quantitative estimate of drug-likeness (QED) is 0.678. The lowest BCUT2D eigenvalue weighted by Gasteiger charge is -2.37. The summed E-state index contributed by atoms with van der Waals surface area (Å²) in [6.45, 7) is 14.1. The third-order valence-corrected chi connectivity index (χ3v) is 4.79. The molecule has 0 radical (unpaired) electrons. The summed E-state index contributed by atoms with van der Waals surface area (Å²) in [4.78, 5) is 39.2. The first-order valence-electron chi connectivity index (χ1n) is 10.4. The third-order valence-electron chi connectivity index (χ3n) is 4.79. The van der Waals surface area contributed by atoms with Crippen molar-refractivity contribution in [1.82, 2.24) is 15.5 Å². The molecule has 27 heavy (non-hydrogen) atoms. The van der Waals surface area contributed by atoms with Crippen LogP contribution in [-0.4, -0.2) is 48.3 Å². The highest BCUT2D eigenvalue weighted by Crippen LogP contribution is 2.25. The number of carbonyl (C=O) groups is 3. The molecule has 156 valence electrons. The third kappa shape index (κ3) is 8.76. The van der Waals surface area contributed by atoms with E-state index in [-0.39, 0.29) is 35.0 Å². The molecule has 3 amide bonds. The summed E-state index contributed by atoms with van der Waals surface area (Å²) in [7, 11) is 0. The van der Waals surface area contributed by atoms with E-state index in [2.05, 4.69) is 31.4 Å². The summed E-state index contributed by atoms with van der Waals surface area (Å²) in [5, 5.41) is 5.87. The van der Waals surface area contributed by atoms with Crippen LogP contribution in [0.25, 0.3) is 0 Å². The molecule has 6 nitrogen and oxygen atoms in total. The maximum absolute atomic E-state index is 12.6. The van der Waals surface area contributed by atoms with Crippen LogP contribution >= 0.6 is 0 Å². The number of rotatable bonds is 8. The van der Waals surface area contributed by atoms with Gasteiger partial charge in [0.1, 0.15) is 6.04 Å². The van der Waals surface area contributed by atoms with Crippen molar-refractivity contribution in [2.75, 3.05) is 19.6 Å². The molecular formula is C21H39N3O3. The molecule has 1 unspecified atom stereocenters. The standard InChI is InChI=1S/C21H39N3O3/c1-7-10-22-20(27)19(23-17(25)13-15(2)3)16-8-11-24(12-9-16)18(26)14-21(4,5)6/h15-16,19H,7-14H2,1-6H3,(H,22,27)(H,23,25). The second kappa shape index (κ2) is 10.7. The van der Waals surface area contributed by atoms with Crippen LogP contribution in [0, 0.1) is 17.3 Å². The Kier molecular flexibility index (Phi) is 9.27. The van der Waals surface area contributed by atoms with Gasteiger partial charge in [0.15, 0.2) is 0 Å². The molecule has 0 saturated carbocycles. The first-order chi connectivity index (χ1) is 12.5. The molecule has 0 aromatic carbocycles. The number of carbonyl (C=O) groups excluding carboxylic acids is 3. The number of likely N-dealkylation sites (tertiary alicyclic amines) is 1. The highest BCUT2D eigenvalue weighted by atomic mass is 16.2. The number of nitrogens with zero attached hydrogens (tertiary/aromatic N) is 1. The van der Waals surface area contributed by atoms with Gasteiger partial charge >= 0.3 is 0 Å². The highest BCUT2D eigenvalue weighted by molar-refractivity contribution is 5.88. The lowest BCUT2D eigenvalue weighted by molar-refractivity contribution is -0.136. The van der Waals surface area contributed by atoms with E-state index < -0.39 is 6.04 Å². The summed E-state index contributed by atoms with van der Waals surface area (Å²) in [5.41, 5.74) is -0.0265. The second-order valence-electron chi connectivity index (χ2n) is 9.39. The van der Waals surface area contributed by atoms with Crippen molar-refractivity contribution in [2.45, 2.75) is 79.7 Å². The number of hydrogen-bond acceptors (Lipinski definition) is 3. The van der Waals surface area contributed by atoms with Crippen molar-refractivity contribution in [1.29, 1.82) is 0 Å². The minimum atomic E-state index is -0.511. The van der Waals surface area contributed by atoms with E-state index in [0.29, 0.717) is 32.5 Å². The Labute approximate surface area is 164 Å². The fraction of sp³-hybridized carbons (Fsp3) is 0.857. The first-order valence-corrected chi connectivity index (χ1v) is 10.4. The highest BCUT2D eigenvalue weighted by Gasteiger charge is 2.34. The van der Waals surface area contributed by atoms with Gasteiger partial charge in [0.2, 0.25) is 17.7 Å². The van der Waals surface area contributed by atoms with E-state index in [1.54, 1.807) is 0 Å². The Morgan fingerprint density at radius 2 is 1.70 bits per heavy atom. The largest absolute Gasteiger partial charge is 0.354 e. The van der Waals surface area contributed by atoms with Gasteiger partial charge in [-0.15, -0.1) is 0 Å². The Bertz CT molecular complexity index is 503. The first kappa shape index (κ1) is 23.4. The van der Waals surface area contributed by atoms with Gasteiger partial charge in [-0.1, -0.05) is 41.5 Å². The van der Waals surface area contributed by atoms with Crippen molar-refractivity contribution in [2.24, 2.45) is 17.3 Å². The van der Waals surface area contributed by atoms with Gasteiger partial charge in [0.05, 0.1) is 0 Å². The van der Waals surface area contributed by atoms with E-state index in [1.165, 1.54) is 0 Å². The molecule has 1 saturated heterocycles. The molecule has 1 heterocycles. The minimum absolute atomic E-state index is 0.0265. The second-order valence-corrected chi connectivity index (χ2v) is 9.39. The van der Waals surface area contributed by atoms with Crippen LogP contribution in [0.4, 0.5) is 0 Å². The average molecular weight is 382 g/mol. The van der Waals surface area contributed by atoms with E-state index in [9.17, 15) is 14.4 Å². The van der Waals surface area contributed by atoms with Crippen LogP contribution in [0.2, 0.25) is 0 Å². The minimum Gasteiger partial charge on any atom is -0.354 e. The van der Waals surface area contributed by atoms with E-state index >= 15 is 0 Å². The maximum atomic E-state index is 12.6. The van der Waals surface area contributed by atoms with E-state index in [0.717, 1.165) is 19.3 Å². The van der Waals surface area contributed by atoms with Crippen molar-refractivity contribution >= 4 is 17.7 Å². The monoisotopic (exact) mass is 381 g/mol. The molecular weight excluding hydrogens is 342 g/mol. The molecule has 0 spiro atoms. The zero-order valence-electron chi connectivity index (χ0n) is 18.1. The summed E-state index contributed by atoms with van der Waals surface area (Å²) in [6, 6.07) is -0.511. The SMILES string of the molecule is CCCNC(=O)C(NC(=O)CC(C)C)C1CCN(C(=O)CC(C)(C)C)CC1.